The van der Waals surface area contributed by atoms with Crippen LogP contribution in [0.15, 0.2) is 72.8 Å². The molecule has 4 rings (SSSR count). The Kier molecular flexibility index (Phi) is 6.48. The molecule has 1 aliphatic carbocycles. The number of nitrogens with one attached hydrogen (secondary N) is 1. The van der Waals surface area contributed by atoms with Gasteiger partial charge in [-0.25, -0.2) is 0 Å². The molecule has 3 heteroatoms. The molecule has 0 spiro atoms. The van der Waals surface area contributed by atoms with Crippen molar-refractivity contribution in [3.05, 3.63) is 101 Å². The predicted octanol–water partition coefficient (Wildman–Crippen LogP) is 5.63. The lowest BCUT2D eigenvalue weighted by Crippen LogP contribution is -2.15. The first kappa shape index (κ1) is 20.2. The summed E-state index contributed by atoms with van der Waals surface area (Å²) < 4.78 is 0. The highest BCUT2D eigenvalue weighted by Crippen LogP contribution is 2.36. The number of hydrogen-bond acceptors (Lipinski definition) is 2. The van der Waals surface area contributed by atoms with Crippen LogP contribution in [0.3, 0.4) is 0 Å². The molecule has 0 amide bonds. The average molecular weight is 400 g/mol. The van der Waals surface area contributed by atoms with Gasteiger partial charge in [-0.05, 0) is 71.9 Å². The van der Waals surface area contributed by atoms with Gasteiger partial charge >= 0.3 is 5.97 Å². The van der Waals surface area contributed by atoms with E-state index in [2.05, 4.69) is 53.8 Å². The Morgan fingerprint density at radius 1 is 0.900 bits per heavy atom. The normalized spacial score (nSPS) is 15.4. The summed E-state index contributed by atoms with van der Waals surface area (Å²) in [5.74, 6) is -0.211. The zero-order chi connectivity index (χ0) is 20.8. The third-order valence-electron chi connectivity index (χ3n) is 6.08. The molecule has 3 nitrogen and oxygen atoms in total. The quantitative estimate of drug-likeness (QED) is 0.483. The van der Waals surface area contributed by atoms with Crippen LogP contribution in [0.4, 0.5) is 5.69 Å². The van der Waals surface area contributed by atoms with E-state index in [9.17, 15) is 4.79 Å². The maximum absolute atomic E-state index is 10.8. The van der Waals surface area contributed by atoms with E-state index in [1.54, 1.807) is 0 Å². The molecule has 30 heavy (non-hydrogen) atoms. The number of carbonyl (C=O) groups is 1. The SMILES string of the molecule is O=C(O)Cc1ccc(CCCNc2ccccc2[C@@H]2CCc3ccccc3C2)cc1. The van der Waals surface area contributed by atoms with E-state index < -0.39 is 5.97 Å². The van der Waals surface area contributed by atoms with Crippen LogP contribution in [-0.2, 0) is 30.5 Å². The number of fused-ring (bicyclic) bond motifs is 1. The fraction of sp³-hybridized carbons (Fsp3) is 0.296. The van der Waals surface area contributed by atoms with Crippen molar-refractivity contribution in [2.45, 2.75) is 44.4 Å². The molecule has 0 radical (unpaired) electrons. The van der Waals surface area contributed by atoms with Crippen LogP contribution >= 0.6 is 0 Å². The molecule has 3 aromatic carbocycles. The maximum atomic E-state index is 10.8. The van der Waals surface area contributed by atoms with Crippen molar-refractivity contribution < 1.29 is 9.90 Å². The summed E-state index contributed by atoms with van der Waals surface area (Å²) in [7, 11) is 0. The third-order valence-corrected chi connectivity index (χ3v) is 6.08. The van der Waals surface area contributed by atoms with Gasteiger partial charge in [-0.1, -0.05) is 66.7 Å². The molecule has 0 aliphatic heterocycles. The summed E-state index contributed by atoms with van der Waals surface area (Å²) in [6.45, 7) is 0.928. The minimum absolute atomic E-state index is 0.0876. The lowest BCUT2D eigenvalue weighted by molar-refractivity contribution is -0.136. The molecule has 1 atom stereocenters. The van der Waals surface area contributed by atoms with Crippen molar-refractivity contribution in [1.29, 1.82) is 0 Å². The van der Waals surface area contributed by atoms with E-state index in [1.165, 1.54) is 34.4 Å². The summed E-state index contributed by atoms with van der Waals surface area (Å²) in [4.78, 5) is 10.8. The second kappa shape index (κ2) is 9.62. The first-order chi connectivity index (χ1) is 14.7. The number of rotatable bonds is 8. The second-order valence-electron chi connectivity index (χ2n) is 8.21. The minimum atomic E-state index is -0.785. The van der Waals surface area contributed by atoms with Crippen LogP contribution in [0, 0.1) is 0 Å². The smallest absolute Gasteiger partial charge is 0.307 e. The first-order valence-electron chi connectivity index (χ1n) is 10.9. The van der Waals surface area contributed by atoms with Gasteiger partial charge in [0.15, 0.2) is 0 Å². The van der Waals surface area contributed by atoms with E-state index in [-0.39, 0.29) is 6.42 Å². The van der Waals surface area contributed by atoms with Crippen LogP contribution < -0.4 is 5.32 Å². The molecule has 0 fully saturated rings. The molecule has 0 aromatic heterocycles. The van der Waals surface area contributed by atoms with Gasteiger partial charge in [-0.15, -0.1) is 0 Å². The zero-order valence-electron chi connectivity index (χ0n) is 17.3. The van der Waals surface area contributed by atoms with E-state index >= 15 is 0 Å². The van der Waals surface area contributed by atoms with Crippen molar-refractivity contribution in [1.82, 2.24) is 0 Å². The fourth-order valence-corrected chi connectivity index (χ4v) is 4.49. The fourth-order valence-electron chi connectivity index (χ4n) is 4.49. The highest BCUT2D eigenvalue weighted by Gasteiger charge is 2.21. The van der Waals surface area contributed by atoms with Crippen LogP contribution in [-0.4, -0.2) is 17.6 Å². The maximum Gasteiger partial charge on any atom is 0.307 e. The van der Waals surface area contributed by atoms with Crippen molar-refractivity contribution in [3.8, 4) is 0 Å². The molecule has 3 aromatic rings. The molecule has 0 heterocycles. The predicted molar refractivity (Wildman–Crippen MR) is 122 cm³/mol. The highest BCUT2D eigenvalue weighted by molar-refractivity contribution is 5.70. The zero-order valence-corrected chi connectivity index (χ0v) is 17.3. The van der Waals surface area contributed by atoms with Crippen LogP contribution in [0.2, 0.25) is 0 Å². The Labute approximate surface area is 178 Å². The second-order valence-corrected chi connectivity index (χ2v) is 8.21. The van der Waals surface area contributed by atoms with Gasteiger partial charge in [-0.3, -0.25) is 4.79 Å². The summed E-state index contributed by atoms with van der Waals surface area (Å²) >= 11 is 0. The Morgan fingerprint density at radius 3 is 2.40 bits per heavy atom. The molecule has 154 valence electrons. The van der Waals surface area contributed by atoms with E-state index in [0.29, 0.717) is 5.92 Å². The van der Waals surface area contributed by atoms with Crippen LogP contribution in [0.1, 0.15) is 46.6 Å². The number of benzene rings is 3. The van der Waals surface area contributed by atoms with Gasteiger partial charge < -0.3 is 10.4 Å². The third kappa shape index (κ3) is 5.10. The lowest BCUT2D eigenvalue weighted by atomic mass is 9.79. The van der Waals surface area contributed by atoms with Crippen molar-refractivity contribution >= 4 is 11.7 Å². The summed E-state index contributed by atoms with van der Waals surface area (Å²) in [5, 5.41) is 12.5. The van der Waals surface area contributed by atoms with Gasteiger partial charge in [0, 0.05) is 12.2 Å². The molecular weight excluding hydrogens is 370 g/mol. The van der Waals surface area contributed by atoms with Gasteiger partial charge in [0.1, 0.15) is 0 Å². The molecule has 0 unspecified atom stereocenters. The van der Waals surface area contributed by atoms with Crippen LogP contribution in [0.5, 0.6) is 0 Å². The minimum Gasteiger partial charge on any atom is -0.481 e. The largest absolute Gasteiger partial charge is 0.481 e. The number of aliphatic carboxylic acids is 1. The molecule has 2 N–H and O–H groups in total. The van der Waals surface area contributed by atoms with Gasteiger partial charge in [0.2, 0.25) is 0 Å². The number of carboxylic acids is 1. The number of carboxylic acid groups (broad SMARTS) is 1. The van der Waals surface area contributed by atoms with Crippen molar-refractivity contribution in [2.24, 2.45) is 0 Å². The monoisotopic (exact) mass is 399 g/mol. The number of anilines is 1. The van der Waals surface area contributed by atoms with E-state index in [0.717, 1.165) is 37.8 Å². The summed E-state index contributed by atoms with van der Waals surface area (Å²) in [5.41, 5.74) is 7.81. The van der Waals surface area contributed by atoms with E-state index in [4.69, 9.17) is 5.11 Å². The topological polar surface area (TPSA) is 49.3 Å². The molecule has 0 bridgehead atoms. The van der Waals surface area contributed by atoms with Crippen molar-refractivity contribution in [2.75, 3.05) is 11.9 Å². The number of aryl methyl sites for hydroxylation is 2. The molecule has 0 saturated heterocycles. The Balaban J connectivity index is 1.32. The molecular formula is C27H29NO2. The molecule has 1 aliphatic rings. The van der Waals surface area contributed by atoms with Gasteiger partial charge in [-0.2, -0.15) is 0 Å². The van der Waals surface area contributed by atoms with Gasteiger partial charge in [0.05, 0.1) is 6.42 Å². The van der Waals surface area contributed by atoms with Gasteiger partial charge in [0.25, 0.3) is 0 Å². The summed E-state index contributed by atoms with van der Waals surface area (Å²) in [6, 6.07) is 25.5. The summed E-state index contributed by atoms with van der Waals surface area (Å²) in [6.07, 6.45) is 5.60. The average Bonchev–Trinajstić information content (AvgIpc) is 2.77. The van der Waals surface area contributed by atoms with E-state index in [1.807, 2.05) is 24.3 Å². The number of hydrogen-bond donors (Lipinski definition) is 2. The first-order valence-corrected chi connectivity index (χ1v) is 10.9. The van der Waals surface area contributed by atoms with Crippen molar-refractivity contribution in [3.63, 3.8) is 0 Å². The lowest BCUT2D eigenvalue weighted by Gasteiger charge is -2.27. The Morgan fingerprint density at radius 2 is 1.60 bits per heavy atom. The standard InChI is InChI=1S/C27H29NO2/c29-27(30)18-21-13-11-20(12-14-21)6-5-17-28-26-10-4-3-9-25(26)24-16-15-22-7-1-2-8-23(22)19-24/h1-4,7-14,24,28H,5-6,15-19H2,(H,29,30)/t24-/m1/s1. The van der Waals surface area contributed by atoms with Crippen LogP contribution in [0.25, 0.3) is 0 Å². The Bertz CT molecular complexity index is 994. The molecule has 0 saturated carbocycles. The number of para-hydroxylation sites is 1. The highest BCUT2D eigenvalue weighted by atomic mass is 16.4. The Hall–Kier alpha value is -3.07.